The number of carbonyl (C=O) groups excluding carboxylic acids is 4. The second-order valence-electron chi connectivity index (χ2n) is 13.6. The van der Waals surface area contributed by atoms with E-state index in [0.29, 0.717) is 6.42 Å². The Balaban J connectivity index is 2.16. The quantitative estimate of drug-likeness (QED) is 0.118. The third kappa shape index (κ3) is 14.9. The van der Waals surface area contributed by atoms with Gasteiger partial charge in [0, 0.05) is 6.42 Å². The van der Waals surface area contributed by atoms with E-state index in [-0.39, 0.29) is 37.2 Å². The van der Waals surface area contributed by atoms with Crippen LogP contribution in [-0.4, -0.2) is 76.4 Å². The van der Waals surface area contributed by atoms with Crippen molar-refractivity contribution >= 4 is 29.6 Å². The van der Waals surface area contributed by atoms with Gasteiger partial charge in [-0.3, -0.25) is 19.2 Å². The summed E-state index contributed by atoms with van der Waals surface area (Å²) in [5.41, 5.74) is 1.00. The van der Waals surface area contributed by atoms with Crippen LogP contribution >= 0.6 is 0 Å². The van der Waals surface area contributed by atoms with Crippen molar-refractivity contribution in [3.63, 3.8) is 0 Å². The van der Waals surface area contributed by atoms with Gasteiger partial charge in [-0.25, -0.2) is 4.79 Å². The van der Waals surface area contributed by atoms with Gasteiger partial charge in [-0.05, 0) is 53.9 Å². The molecule has 0 bridgehead atoms. The van der Waals surface area contributed by atoms with Crippen molar-refractivity contribution in [1.29, 1.82) is 0 Å². The van der Waals surface area contributed by atoms with E-state index >= 15 is 0 Å². The molecule has 6 N–H and O–H groups in total. The van der Waals surface area contributed by atoms with Crippen molar-refractivity contribution in [2.24, 2.45) is 17.8 Å². The molecule has 6 atom stereocenters. The van der Waals surface area contributed by atoms with Crippen LogP contribution in [0, 0.1) is 17.8 Å². The third-order valence-corrected chi connectivity index (χ3v) is 8.56. The molecular weight excluding hydrogens is 685 g/mol. The number of amides is 4. The number of aliphatic carboxylic acids is 1. The van der Waals surface area contributed by atoms with Gasteiger partial charge in [0.15, 0.2) is 0 Å². The Morgan fingerprint density at radius 3 is 1.88 bits per heavy atom. The summed E-state index contributed by atoms with van der Waals surface area (Å²) in [6, 6.07) is 9.76. The highest BCUT2D eigenvalue weighted by Crippen LogP contribution is 2.23. The number of hydrogen-bond acceptors (Lipinski definition) is 7. The van der Waals surface area contributed by atoms with Crippen molar-refractivity contribution in [3.05, 3.63) is 65.7 Å². The maximum absolute atomic E-state index is 13.6. The summed E-state index contributed by atoms with van der Waals surface area (Å²) in [4.78, 5) is 64.3. The summed E-state index contributed by atoms with van der Waals surface area (Å²) < 4.78 is 41.9. The number of aliphatic hydroxyl groups is 1. The minimum Gasteiger partial charge on any atom is -0.480 e. The molecule has 288 valence electrons. The van der Waals surface area contributed by atoms with Gasteiger partial charge in [0.05, 0.1) is 18.6 Å². The number of halogens is 3. The largest absolute Gasteiger partial charge is 0.573 e. The minimum atomic E-state index is -4.90. The van der Waals surface area contributed by atoms with E-state index in [1.54, 1.807) is 65.0 Å². The van der Waals surface area contributed by atoms with Crippen LogP contribution in [0.25, 0.3) is 0 Å². The minimum absolute atomic E-state index is 0.114. The van der Waals surface area contributed by atoms with Crippen LogP contribution < -0.4 is 26.0 Å². The summed E-state index contributed by atoms with van der Waals surface area (Å²) in [7, 11) is 0. The average molecular weight is 737 g/mol. The molecule has 0 aliphatic rings. The molecule has 0 aromatic heterocycles. The molecule has 0 saturated carbocycles. The highest BCUT2D eigenvalue weighted by molar-refractivity contribution is 5.91. The van der Waals surface area contributed by atoms with E-state index in [0.717, 1.165) is 17.7 Å². The highest BCUT2D eigenvalue weighted by Gasteiger charge is 2.33. The van der Waals surface area contributed by atoms with E-state index in [1.807, 2.05) is 6.92 Å². The number of carboxylic acids is 1. The molecule has 4 amide bonds. The van der Waals surface area contributed by atoms with Gasteiger partial charge < -0.3 is 36.2 Å². The van der Waals surface area contributed by atoms with Crippen molar-refractivity contribution in [3.8, 4) is 5.75 Å². The zero-order chi connectivity index (χ0) is 39.2. The first-order valence-corrected chi connectivity index (χ1v) is 17.3. The molecule has 0 radical (unpaired) electrons. The Labute approximate surface area is 302 Å². The van der Waals surface area contributed by atoms with Crippen molar-refractivity contribution in [2.45, 2.75) is 110 Å². The summed E-state index contributed by atoms with van der Waals surface area (Å²) in [6.45, 7) is 10.3. The number of hydrogen-bond donors (Lipinski definition) is 6. The molecule has 2 aromatic rings. The van der Waals surface area contributed by atoms with E-state index in [9.17, 15) is 47.4 Å². The first-order valence-electron chi connectivity index (χ1n) is 17.3. The summed E-state index contributed by atoms with van der Waals surface area (Å²) in [5.74, 6) is -5.28. The molecule has 0 aliphatic heterocycles. The molecule has 0 fully saturated rings. The van der Waals surface area contributed by atoms with Crippen LogP contribution in [0.1, 0.15) is 71.9 Å². The Bertz CT molecular complexity index is 1490. The number of carboxylic acid groups (broad SMARTS) is 1. The standard InChI is InChI=1S/C37H51F3N4O8/c1-7-23(6)33(35(49)44-32(22(4)5)36(50)51)42-29(46)17-16-28(45)27(19-24-12-9-8-10-13-24)41-34(48)31(21(2)3)43-30(47)20-25-14-11-15-26(18-25)52-37(38,39)40/h8-15,18,21-23,27-28,31-33,45H,7,16-17,19-20H2,1-6H3,(H,41,48)(H,42,46)(H,43,47)(H,44,49)(H,50,51)/t23-,27?,28?,31-,32-,33-/m0/s1. The molecule has 2 aromatic carbocycles. The van der Waals surface area contributed by atoms with E-state index in [1.165, 1.54) is 12.1 Å². The molecule has 0 heterocycles. The topological polar surface area (TPSA) is 183 Å². The molecule has 15 heteroatoms. The number of carbonyl (C=O) groups is 5. The molecule has 0 saturated heterocycles. The molecule has 52 heavy (non-hydrogen) atoms. The van der Waals surface area contributed by atoms with Gasteiger partial charge >= 0.3 is 12.3 Å². The second kappa shape index (κ2) is 20.4. The predicted molar refractivity (Wildman–Crippen MR) is 187 cm³/mol. The maximum atomic E-state index is 13.6. The van der Waals surface area contributed by atoms with E-state index < -0.39 is 83.8 Å². The van der Waals surface area contributed by atoms with Gasteiger partial charge in [-0.1, -0.05) is 90.4 Å². The smallest absolute Gasteiger partial charge is 0.480 e. The zero-order valence-corrected chi connectivity index (χ0v) is 30.3. The van der Waals surface area contributed by atoms with Crippen LogP contribution in [0.4, 0.5) is 13.2 Å². The van der Waals surface area contributed by atoms with Gasteiger partial charge in [0.1, 0.15) is 23.9 Å². The van der Waals surface area contributed by atoms with Crippen molar-refractivity contribution in [2.75, 3.05) is 0 Å². The number of ether oxygens (including phenoxy) is 1. The number of aliphatic hydroxyl groups excluding tert-OH is 1. The Kier molecular flexibility index (Phi) is 17.1. The number of rotatable bonds is 20. The lowest BCUT2D eigenvalue weighted by molar-refractivity contribution is -0.274. The Morgan fingerprint density at radius 2 is 1.33 bits per heavy atom. The summed E-state index contributed by atoms with van der Waals surface area (Å²) in [5, 5.41) is 31.4. The first-order chi connectivity index (χ1) is 24.3. The summed E-state index contributed by atoms with van der Waals surface area (Å²) >= 11 is 0. The lowest BCUT2D eigenvalue weighted by Crippen LogP contribution is -2.56. The fourth-order valence-corrected chi connectivity index (χ4v) is 5.41. The SMILES string of the molecule is CC[C@H](C)[C@H](NC(=O)CCC(O)C(Cc1ccccc1)NC(=O)[C@@H](NC(=O)Cc1cccc(OC(F)(F)F)c1)C(C)C)C(=O)N[C@H](C(=O)O)C(C)C. The first kappa shape index (κ1) is 43.5. The summed E-state index contributed by atoms with van der Waals surface area (Å²) in [6.07, 6.45) is -6.14. The van der Waals surface area contributed by atoms with Crippen LogP contribution in [-0.2, 0) is 36.8 Å². The van der Waals surface area contributed by atoms with Crippen molar-refractivity contribution in [1.82, 2.24) is 21.3 Å². The molecular formula is C37H51F3N4O8. The monoisotopic (exact) mass is 736 g/mol. The Morgan fingerprint density at radius 1 is 0.750 bits per heavy atom. The average Bonchev–Trinajstić information content (AvgIpc) is 3.05. The van der Waals surface area contributed by atoms with Gasteiger partial charge in [-0.15, -0.1) is 13.2 Å². The molecule has 12 nitrogen and oxygen atoms in total. The van der Waals surface area contributed by atoms with Crippen LogP contribution in [0.2, 0.25) is 0 Å². The number of benzene rings is 2. The Hall–Kier alpha value is -4.66. The molecule has 2 unspecified atom stereocenters. The fourth-order valence-electron chi connectivity index (χ4n) is 5.41. The van der Waals surface area contributed by atoms with Gasteiger partial charge in [0.2, 0.25) is 23.6 Å². The van der Waals surface area contributed by atoms with Gasteiger partial charge in [-0.2, -0.15) is 0 Å². The normalized spacial score (nSPS) is 15.1. The number of alkyl halides is 3. The van der Waals surface area contributed by atoms with Crippen molar-refractivity contribution < 1.29 is 52.1 Å². The van der Waals surface area contributed by atoms with Crippen LogP contribution in [0.3, 0.4) is 0 Å². The van der Waals surface area contributed by atoms with E-state index in [2.05, 4.69) is 26.0 Å². The van der Waals surface area contributed by atoms with Crippen LogP contribution in [0.15, 0.2) is 54.6 Å². The molecule has 0 aliphatic carbocycles. The van der Waals surface area contributed by atoms with Gasteiger partial charge in [0.25, 0.3) is 0 Å². The fraction of sp³-hybridized carbons (Fsp3) is 0.541. The van der Waals surface area contributed by atoms with Crippen LogP contribution in [0.5, 0.6) is 5.75 Å². The predicted octanol–water partition coefficient (Wildman–Crippen LogP) is 3.89. The second-order valence-corrected chi connectivity index (χ2v) is 13.6. The van der Waals surface area contributed by atoms with E-state index in [4.69, 9.17) is 0 Å². The lowest BCUT2D eigenvalue weighted by atomic mass is 9.95. The number of nitrogens with one attached hydrogen (secondary N) is 4. The maximum Gasteiger partial charge on any atom is 0.573 e. The highest BCUT2D eigenvalue weighted by atomic mass is 19.4. The third-order valence-electron chi connectivity index (χ3n) is 8.56. The zero-order valence-electron chi connectivity index (χ0n) is 30.3. The molecule has 0 spiro atoms. The molecule has 2 rings (SSSR count). The lowest BCUT2D eigenvalue weighted by Gasteiger charge is -2.29.